The Labute approximate surface area is 111 Å². The molecule has 18 heavy (non-hydrogen) atoms. The SMILES string of the molecule is CNC(CN1CCC(C)(C)C1)c1ccc(C)cc1. The molecule has 0 saturated carbocycles. The zero-order valence-corrected chi connectivity index (χ0v) is 12.2. The van der Waals surface area contributed by atoms with Crippen molar-refractivity contribution in [3.63, 3.8) is 0 Å². The Bertz CT molecular complexity index is 381. The van der Waals surface area contributed by atoms with Crippen LogP contribution in [0.3, 0.4) is 0 Å². The molecular formula is C16H26N2. The number of benzene rings is 1. The monoisotopic (exact) mass is 246 g/mol. The predicted molar refractivity (Wildman–Crippen MR) is 77.8 cm³/mol. The first kappa shape index (κ1) is 13.6. The fourth-order valence-corrected chi connectivity index (χ4v) is 2.80. The molecule has 0 bridgehead atoms. The van der Waals surface area contributed by atoms with Gasteiger partial charge in [-0.15, -0.1) is 0 Å². The van der Waals surface area contributed by atoms with Gasteiger partial charge in [0.2, 0.25) is 0 Å². The summed E-state index contributed by atoms with van der Waals surface area (Å²) in [6.07, 6.45) is 1.32. The smallest absolute Gasteiger partial charge is 0.0446 e. The third-order valence-corrected chi connectivity index (χ3v) is 4.03. The molecule has 0 spiro atoms. The number of hydrogen-bond donors (Lipinski definition) is 1. The van der Waals surface area contributed by atoms with Gasteiger partial charge in [-0.05, 0) is 37.9 Å². The molecule has 0 aliphatic carbocycles. The summed E-state index contributed by atoms with van der Waals surface area (Å²) in [4.78, 5) is 2.58. The van der Waals surface area contributed by atoms with Crippen molar-refractivity contribution in [1.29, 1.82) is 0 Å². The molecule has 0 radical (unpaired) electrons. The first-order chi connectivity index (χ1) is 8.50. The standard InChI is InChI=1S/C16H26N2/c1-13-5-7-14(8-6-13)15(17-4)11-18-10-9-16(2,3)12-18/h5-8,15,17H,9-12H2,1-4H3. The largest absolute Gasteiger partial charge is 0.312 e. The van der Waals surface area contributed by atoms with Gasteiger partial charge in [-0.25, -0.2) is 0 Å². The molecule has 100 valence electrons. The summed E-state index contributed by atoms with van der Waals surface area (Å²) in [5.41, 5.74) is 3.22. The van der Waals surface area contributed by atoms with E-state index in [-0.39, 0.29) is 0 Å². The van der Waals surface area contributed by atoms with Crippen LogP contribution in [0.5, 0.6) is 0 Å². The second kappa shape index (κ2) is 5.41. The first-order valence-electron chi connectivity index (χ1n) is 6.96. The molecule has 1 aromatic rings. The molecule has 1 aromatic carbocycles. The minimum absolute atomic E-state index is 0.444. The number of nitrogens with one attached hydrogen (secondary N) is 1. The fraction of sp³-hybridized carbons (Fsp3) is 0.625. The Morgan fingerprint density at radius 2 is 1.94 bits per heavy atom. The molecule has 1 aliphatic heterocycles. The molecular weight excluding hydrogens is 220 g/mol. The lowest BCUT2D eigenvalue weighted by Crippen LogP contribution is -2.33. The van der Waals surface area contributed by atoms with Gasteiger partial charge in [-0.2, -0.15) is 0 Å². The van der Waals surface area contributed by atoms with E-state index >= 15 is 0 Å². The van der Waals surface area contributed by atoms with E-state index in [9.17, 15) is 0 Å². The number of nitrogens with zero attached hydrogens (tertiary/aromatic N) is 1. The molecule has 0 amide bonds. The molecule has 1 saturated heterocycles. The molecule has 1 aliphatic rings. The van der Waals surface area contributed by atoms with E-state index in [0.717, 1.165) is 6.54 Å². The highest BCUT2D eigenvalue weighted by molar-refractivity contribution is 5.24. The van der Waals surface area contributed by atoms with Gasteiger partial charge in [0, 0.05) is 19.1 Å². The predicted octanol–water partition coefficient (Wildman–Crippen LogP) is 2.99. The topological polar surface area (TPSA) is 15.3 Å². The number of likely N-dealkylation sites (N-methyl/N-ethyl adjacent to an activating group) is 1. The van der Waals surface area contributed by atoms with Crippen LogP contribution in [-0.4, -0.2) is 31.6 Å². The van der Waals surface area contributed by atoms with Gasteiger partial charge in [0.25, 0.3) is 0 Å². The van der Waals surface area contributed by atoms with Crippen LogP contribution < -0.4 is 5.32 Å². The summed E-state index contributed by atoms with van der Waals surface area (Å²) in [7, 11) is 2.06. The van der Waals surface area contributed by atoms with Crippen molar-refractivity contribution in [2.24, 2.45) is 5.41 Å². The van der Waals surface area contributed by atoms with Crippen molar-refractivity contribution >= 4 is 0 Å². The average molecular weight is 246 g/mol. The van der Waals surface area contributed by atoms with Crippen molar-refractivity contribution in [2.45, 2.75) is 33.2 Å². The van der Waals surface area contributed by atoms with Crippen molar-refractivity contribution in [3.05, 3.63) is 35.4 Å². The molecule has 1 atom stereocenters. The van der Waals surface area contributed by atoms with E-state index in [1.165, 1.54) is 30.6 Å². The molecule has 2 rings (SSSR count). The Morgan fingerprint density at radius 3 is 2.44 bits per heavy atom. The van der Waals surface area contributed by atoms with E-state index in [1.807, 2.05) is 0 Å². The average Bonchev–Trinajstić information content (AvgIpc) is 2.67. The van der Waals surface area contributed by atoms with Gasteiger partial charge >= 0.3 is 0 Å². The quantitative estimate of drug-likeness (QED) is 0.878. The molecule has 0 aromatic heterocycles. The summed E-state index contributed by atoms with van der Waals surface area (Å²) < 4.78 is 0. The zero-order chi connectivity index (χ0) is 13.2. The maximum Gasteiger partial charge on any atom is 0.0446 e. The highest BCUT2D eigenvalue weighted by Gasteiger charge is 2.30. The third kappa shape index (κ3) is 3.33. The zero-order valence-electron chi connectivity index (χ0n) is 12.2. The van der Waals surface area contributed by atoms with Crippen LogP contribution in [0.15, 0.2) is 24.3 Å². The van der Waals surface area contributed by atoms with Gasteiger partial charge in [-0.1, -0.05) is 43.7 Å². The van der Waals surface area contributed by atoms with Gasteiger partial charge in [-0.3, -0.25) is 0 Å². The van der Waals surface area contributed by atoms with E-state index in [1.54, 1.807) is 0 Å². The van der Waals surface area contributed by atoms with Crippen LogP contribution in [0.2, 0.25) is 0 Å². The molecule has 2 nitrogen and oxygen atoms in total. The van der Waals surface area contributed by atoms with E-state index in [0.29, 0.717) is 11.5 Å². The summed E-state index contributed by atoms with van der Waals surface area (Å²) in [6, 6.07) is 9.34. The summed E-state index contributed by atoms with van der Waals surface area (Å²) in [6.45, 7) is 10.4. The van der Waals surface area contributed by atoms with Crippen LogP contribution in [0.4, 0.5) is 0 Å². The third-order valence-electron chi connectivity index (χ3n) is 4.03. The molecule has 1 heterocycles. The number of hydrogen-bond acceptors (Lipinski definition) is 2. The van der Waals surface area contributed by atoms with Crippen LogP contribution >= 0.6 is 0 Å². The van der Waals surface area contributed by atoms with Gasteiger partial charge in [0.15, 0.2) is 0 Å². The van der Waals surface area contributed by atoms with Gasteiger partial charge in [0.1, 0.15) is 0 Å². The summed E-state index contributed by atoms with van der Waals surface area (Å²) >= 11 is 0. The lowest BCUT2D eigenvalue weighted by atomic mass is 9.93. The van der Waals surface area contributed by atoms with Crippen LogP contribution in [0, 0.1) is 12.3 Å². The Morgan fingerprint density at radius 1 is 1.28 bits per heavy atom. The lowest BCUT2D eigenvalue weighted by molar-refractivity contribution is 0.265. The first-order valence-corrected chi connectivity index (χ1v) is 6.96. The van der Waals surface area contributed by atoms with Crippen molar-refractivity contribution in [3.8, 4) is 0 Å². The van der Waals surface area contributed by atoms with E-state index in [4.69, 9.17) is 0 Å². The van der Waals surface area contributed by atoms with Gasteiger partial charge in [0.05, 0.1) is 0 Å². The van der Waals surface area contributed by atoms with Crippen molar-refractivity contribution in [1.82, 2.24) is 10.2 Å². The van der Waals surface area contributed by atoms with E-state index in [2.05, 4.69) is 62.3 Å². The Balaban J connectivity index is 2.00. The highest BCUT2D eigenvalue weighted by Crippen LogP contribution is 2.30. The molecule has 1 unspecified atom stereocenters. The second-order valence-electron chi connectivity index (χ2n) is 6.40. The minimum Gasteiger partial charge on any atom is -0.312 e. The molecule has 1 N–H and O–H groups in total. The lowest BCUT2D eigenvalue weighted by Gasteiger charge is -2.25. The minimum atomic E-state index is 0.444. The van der Waals surface area contributed by atoms with Gasteiger partial charge < -0.3 is 10.2 Å². The second-order valence-corrected chi connectivity index (χ2v) is 6.40. The van der Waals surface area contributed by atoms with Crippen LogP contribution in [0.1, 0.15) is 37.4 Å². The number of likely N-dealkylation sites (tertiary alicyclic amines) is 1. The summed E-state index contributed by atoms with van der Waals surface area (Å²) in [5, 5.41) is 3.45. The summed E-state index contributed by atoms with van der Waals surface area (Å²) in [5.74, 6) is 0. The number of aryl methyl sites for hydroxylation is 1. The maximum absolute atomic E-state index is 3.45. The fourth-order valence-electron chi connectivity index (χ4n) is 2.80. The van der Waals surface area contributed by atoms with Crippen molar-refractivity contribution < 1.29 is 0 Å². The molecule has 1 fully saturated rings. The highest BCUT2D eigenvalue weighted by atomic mass is 15.2. The Kier molecular flexibility index (Phi) is 4.08. The maximum atomic E-state index is 3.45. The van der Waals surface area contributed by atoms with E-state index < -0.39 is 0 Å². The van der Waals surface area contributed by atoms with Crippen molar-refractivity contribution in [2.75, 3.05) is 26.7 Å². The normalized spacial score (nSPS) is 21.1. The van der Waals surface area contributed by atoms with Crippen LogP contribution in [-0.2, 0) is 0 Å². The van der Waals surface area contributed by atoms with Crippen LogP contribution in [0.25, 0.3) is 0 Å². The Hall–Kier alpha value is -0.860. The number of rotatable bonds is 4. The molecule has 2 heteroatoms.